The number of pyridine rings is 1. The van der Waals surface area contributed by atoms with Gasteiger partial charge in [0, 0.05) is 50.4 Å². The fourth-order valence-electron chi connectivity index (χ4n) is 3.46. The minimum absolute atomic E-state index is 0.136. The van der Waals surface area contributed by atoms with E-state index in [1.165, 1.54) is 26.8 Å². The Morgan fingerprint density at radius 3 is 2.86 bits per heavy atom. The summed E-state index contributed by atoms with van der Waals surface area (Å²) in [6.07, 6.45) is 6.54. The molecule has 156 valence electrons. The van der Waals surface area contributed by atoms with Gasteiger partial charge in [-0.3, -0.25) is 14.4 Å². The van der Waals surface area contributed by atoms with E-state index in [0.29, 0.717) is 30.3 Å². The van der Waals surface area contributed by atoms with Gasteiger partial charge in [-0.25, -0.2) is 0 Å². The molecule has 8 heteroatoms. The third-order valence-corrected chi connectivity index (χ3v) is 6.15. The first-order chi connectivity index (χ1) is 14.1. The van der Waals surface area contributed by atoms with Gasteiger partial charge in [0.25, 0.3) is 11.5 Å². The van der Waals surface area contributed by atoms with Crippen LogP contribution in [0, 0.1) is 0 Å². The van der Waals surface area contributed by atoms with Crippen LogP contribution in [0.2, 0.25) is 0 Å². The quantitative estimate of drug-likeness (QED) is 0.614. The molecule has 2 aromatic rings. The standard InChI is InChI=1S/C21H27N3O4S/c1-28-14-6-11-22-20(27)19-15-7-2-3-8-16(15)29-21(19)23-17(25)10-13-24-12-5-4-9-18(24)26/h4-5,9,12H,2-3,6-8,10-11,13-14H2,1H3,(H,22,27)(H,23,25). The summed E-state index contributed by atoms with van der Waals surface area (Å²) < 4.78 is 6.52. The average Bonchev–Trinajstić information content (AvgIpc) is 3.08. The third-order valence-electron chi connectivity index (χ3n) is 4.94. The Morgan fingerprint density at radius 1 is 1.24 bits per heavy atom. The normalized spacial score (nSPS) is 13.0. The molecular weight excluding hydrogens is 390 g/mol. The lowest BCUT2D eigenvalue weighted by Gasteiger charge is -2.13. The number of nitrogens with one attached hydrogen (secondary N) is 2. The lowest BCUT2D eigenvalue weighted by Crippen LogP contribution is -2.27. The molecule has 0 unspecified atom stereocenters. The van der Waals surface area contributed by atoms with Gasteiger partial charge in [-0.15, -0.1) is 11.3 Å². The molecule has 7 nitrogen and oxygen atoms in total. The summed E-state index contributed by atoms with van der Waals surface area (Å²) in [6.45, 7) is 1.42. The number of aromatic nitrogens is 1. The van der Waals surface area contributed by atoms with E-state index in [4.69, 9.17) is 4.74 Å². The second-order valence-electron chi connectivity index (χ2n) is 7.05. The Kier molecular flexibility index (Phi) is 7.60. The van der Waals surface area contributed by atoms with E-state index in [1.54, 1.807) is 25.4 Å². The number of rotatable bonds is 9. The Labute approximate surface area is 174 Å². The van der Waals surface area contributed by atoms with Gasteiger partial charge < -0.3 is 19.9 Å². The summed E-state index contributed by atoms with van der Waals surface area (Å²) >= 11 is 1.50. The highest BCUT2D eigenvalue weighted by atomic mass is 32.1. The van der Waals surface area contributed by atoms with Gasteiger partial charge in [-0.05, 0) is 43.7 Å². The van der Waals surface area contributed by atoms with Crippen LogP contribution in [0.1, 0.15) is 46.5 Å². The molecule has 1 aliphatic carbocycles. The summed E-state index contributed by atoms with van der Waals surface area (Å²) in [5.74, 6) is -0.345. The maximum atomic E-state index is 12.8. The van der Waals surface area contributed by atoms with Gasteiger partial charge in [0.2, 0.25) is 5.91 Å². The summed E-state index contributed by atoms with van der Waals surface area (Å²) in [5.41, 5.74) is 1.54. The van der Waals surface area contributed by atoms with E-state index in [9.17, 15) is 14.4 Å². The van der Waals surface area contributed by atoms with Crippen molar-refractivity contribution in [1.82, 2.24) is 9.88 Å². The van der Waals surface area contributed by atoms with E-state index in [1.807, 2.05) is 0 Å². The van der Waals surface area contributed by atoms with Crippen molar-refractivity contribution in [2.75, 3.05) is 25.6 Å². The van der Waals surface area contributed by atoms with Crippen LogP contribution in [0.25, 0.3) is 0 Å². The van der Waals surface area contributed by atoms with Gasteiger partial charge in [-0.2, -0.15) is 0 Å². The zero-order valence-corrected chi connectivity index (χ0v) is 17.5. The van der Waals surface area contributed by atoms with Gasteiger partial charge in [-0.1, -0.05) is 6.07 Å². The zero-order valence-electron chi connectivity index (χ0n) is 16.7. The van der Waals surface area contributed by atoms with E-state index in [-0.39, 0.29) is 23.8 Å². The van der Waals surface area contributed by atoms with Crippen molar-refractivity contribution in [3.8, 4) is 0 Å². The number of amides is 2. The highest BCUT2D eigenvalue weighted by Crippen LogP contribution is 2.38. The first kappa shape index (κ1) is 21.3. The number of anilines is 1. The molecule has 0 spiro atoms. The molecule has 2 N–H and O–H groups in total. The predicted molar refractivity (Wildman–Crippen MR) is 114 cm³/mol. The van der Waals surface area contributed by atoms with E-state index < -0.39 is 0 Å². The minimum Gasteiger partial charge on any atom is -0.385 e. The maximum Gasteiger partial charge on any atom is 0.254 e. The van der Waals surface area contributed by atoms with Crippen molar-refractivity contribution >= 4 is 28.2 Å². The molecule has 2 amide bonds. The highest BCUT2D eigenvalue weighted by molar-refractivity contribution is 7.17. The lowest BCUT2D eigenvalue weighted by atomic mass is 9.95. The molecule has 0 atom stereocenters. The molecule has 0 saturated carbocycles. The molecule has 29 heavy (non-hydrogen) atoms. The second kappa shape index (κ2) is 10.4. The highest BCUT2D eigenvalue weighted by Gasteiger charge is 2.26. The van der Waals surface area contributed by atoms with Crippen LogP contribution < -0.4 is 16.2 Å². The molecule has 2 heterocycles. The monoisotopic (exact) mass is 417 g/mol. The molecule has 0 saturated heterocycles. The minimum atomic E-state index is -0.201. The number of thiophene rings is 1. The van der Waals surface area contributed by atoms with Crippen molar-refractivity contribution in [3.63, 3.8) is 0 Å². The SMILES string of the molecule is COCCCNC(=O)c1c(NC(=O)CCn2ccccc2=O)sc2c1CCCC2. The third kappa shape index (κ3) is 5.55. The lowest BCUT2D eigenvalue weighted by molar-refractivity contribution is -0.116. The van der Waals surface area contributed by atoms with Crippen molar-refractivity contribution < 1.29 is 14.3 Å². The smallest absolute Gasteiger partial charge is 0.254 e. The number of fused-ring (bicyclic) bond motifs is 1. The molecule has 0 aromatic carbocycles. The molecule has 0 fully saturated rings. The van der Waals surface area contributed by atoms with E-state index >= 15 is 0 Å². The zero-order chi connectivity index (χ0) is 20.6. The van der Waals surface area contributed by atoms with Crippen LogP contribution in [0.3, 0.4) is 0 Å². The van der Waals surface area contributed by atoms with Crippen molar-refractivity contribution in [2.24, 2.45) is 0 Å². The van der Waals surface area contributed by atoms with Gasteiger partial charge >= 0.3 is 0 Å². The number of carbonyl (C=O) groups is 2. The fraction of sp³-hybridized carbons (Fsp3) is 0.476. The number of aryl methyl sites for hydroxylation is 2. The number of hydrogen-bond donors (Lipinski definition) is 2. The van der Waals surface area contributed by atoms with E-state index in [0.717, 1.165) is 37.7 Å². The maximum absolute atomic E-state index is 12.8. The van der Waals surface area contributed by atoms with Crippen molar-refractivity contribution in [3.05, 3.63) is 50.8 Å². The first-order valence-electron chi connectivity index (χ1n) is 9.97. The van der Waals surface area contributed by atoms with Crippen LogP contribution in [0.5, 0.6) is 0 Å². The fourth-order valence-corrected chi connectivity index (χ4v) is 4.76. The van der Waals surface area contributed by atoms with Gasteiger partial charge in [0.15, 0.2) is 0 Å². The Hall–Kier alpha value is -2.45. The molecule has 0 aliphatic heterocycles. The van der Waals surface area contributed by atoms with Crippen LogP contribution in [0.15, 0.2) is 29.2 Å². The Morgan fingerprint density at radius 2 is 2.07 bits per heavy atom. The molecule has 2 aromatic heterocycles. The second-order valence-corrected chi connectivity index (χ2v) is 8.15. The molecule has 0 bridgehead atoms. The number of methoxy groups -OCH3 is 1. The molecular formula is C21H27N3O4S. The van der Waals surface area contributed by atoms with Gasteiger partial charge in [0.1, 0.15) is 5.00 Å². The number of carbonyl (C=O) groups excluding carboxylic acids is 2. The summed E-state index contributed by atoms with van der Waals surface area (Å²) in [6, 6.07) is 4.91. The molecule has 1 aliphatic rings. The molecule has 0 radical (unpaired) electrons. The van der Waals surface area contributed by atoms with Crippen molar-refractivity contribution in [2.45, 2.75) is 45.1 Å². The summed E-state index contributed by atoms with van der Waals surface area (Å²) in [4.78, 5) is 38.3. The number of ether oxygens (including phenoxy) is 1. The first-order valence-corrected chi connectivity index (χ1v) is 10.8. The van der Waals surface area contributed by atoms with Crippen LogP contribution in [-0.4, -0.2) is 36.6 Å². The average molecular weight is 418 g/mol. The summed E-state index contributed by atoms with van der Waals surface area (Å²) in [7, 11) is 1.63. The number of hydrogen-bond acceptors (Lipinski definition) is 5. The Bertz CT molecular complexity index is 919. The van der Waals surface area contributed by atoms with Crippen molar-refractivity contribution in [1.29, 1.82) is 0 Å². The van der Waals surface area contributed by atoms with E-state index in [2.05, 4.69) is 10.6 Å². The number of nitrogens with zero attached hydrogens (tertiary/aromatic N) is 1. The largest absolute Gasteiger partial charge is 0.385 e. The van der Waals surface area contributed by atoms with Crippen LogP contribution in [0.4, 0.5) is 5.00 Å². The van der Waals surface area contributed by atoms with Crippen LogP contribution in [-0.2, 0) is 28.9 Å². The van der Waals surface area contributed by atoms with Crippen LogP contribution >= 0.6 is 11.3 Å². The predicted octanol–water partition coefficient (Wildman–Crippen LogP) is 2.58. The topological polar surface area (TPSA) is 89.4 Å². The summed E-state index contributed by atoms with van der Waals surface area (Å²) in [5, 5.41) is 6.48. The Balaban J connectivity index is 1.69. The molecule has 3 rings (SSSR count). The van der Waals surface area contributed by atoms with Gasteiger partial charge in [0.05, 0.1) is 5.56 Å².